The topological polar surface area (TPSA) is 75.4 Å². The number of aryl methyl sites for hydroxylation is 1. The Kier molecular flexibility index (Phi) is 3.81. The van der Waals surface area contributed by atoms with E-state index >= 15 is 0 Å². The van der Waals surface area contributed by atoms with Gasteiger partial charge < -0.3 is 10.2 Å². The summed E-state index contributed by atoms with van der Waals surface area (Å²) in [5, 5.41) is 7.16. The van der Waals surface area contributed by atoms with Gasteiger partial charge >= 0.3 is 0 Å². The summed E-state index contributed by atoms with van der Waals surface area (Å²) < 4.78 is 1.85. The van der Waals surface area contributed by atoms with Crippen molar-refractivity contribution in [2.45, 2.75) is 32.1 Å². The third kappa shape index (κ3) is 2.48. The van der Waals surface area contributed by atoms with Crippen LogP contribution < -0.4 is 10.2 Å². The van der Waals surface area contributed by atoms with Crippen molar-refractivity contribution in [3.05, 3.63) is 17.6 Å². The van der Waals surface area contributed by atoms with Crippen LogP contribution in [0.4, 0.5) is 5.82 Å². The molecule has 7 nitrogen and oxygen atoms in total. The zero-order valence-electron chi connectivity index (χ0n) is 13.5. The first-order chi connectivity index (χ1) is 11.8. The molecule has 1 aliphatic heterocycles. The molecule has 1 saturated heterocycles. The number of anilines is 1. The number of nitrogens with zero attached hydrogens (tertiary/aromatic N) is 5. The highest BCUT2D eigenvalue weighted by Crippen LogP contribution is 2.32. The molecule has 0 radical (unpaired) electrons. The first kappa shape index (κ1) is 14.9. The molecule has 124 valence electrons. The average Bonchev–Trinajstić information content (AvgIpc) is 3.26. The van der Waals surface area contributed by atoms with Crippen LogP contribution in [0.25, 0.3) is 5.78 Å². The summed E-state index contributed by atoms with van der Waals surface area (Å²) in [5.74, 6) is 4.34. The van der Waals surface area contributed by atoms with Crippen LogP contribution in [0.3, 0.4) is 0 Å². The van der Waals surface area contributed by atoms with E-state index in [9.17, 15) is 4.79 Å². The maximum atomic E-state index is 12.1. The van der Waals surface area contributed by atoms with Gasteiger partial charge in [-0.1, -0.05) is 5.92 Å². The van der Waals surface area contributed by atoms with Gasteiger partial charge in [-0.15, -0.1) is 6.42 Å². The molecule has 2 aliphatic rings. The number of piperidine rings is 1. The summed E-state index contributed by atoms with van der Waals surface area (Å²) in [6.07, 6.45) is 11.6. The molecule has 24 heavy (non-hydrogen) atoms. The van der Waals surface area contributed by atoms with Gasteiger partial charge in [0.25, 0.3) is 5.78 Å². The molecule has 0 unspecified atom stereocenters. The van der Waals surface area contributed by atoms with Gasteiger partial charge in [0, 0.05) is 24.6 Å². The Morgan fingerprint density at radius 3 is 3.00 bits per heavy atom. The highest BCUT2D eigenvalue weighted by atomic mass is 16.1. The minimum absolute atomic E-state index is 0.0377. The lowest BCUT2D eigenvalue weighted by Gasteiger charge is -2.33. The predicted molar refractivity (Wildman–Crippen MR) is 89.6 cm³/mol. The van der Waals surface area contributed by atoms with Gasteiger partial charge in [0.15, 0.2) is 0 Å². The number of carbonyl (C=O) groups excluding carboxylic acids is 1. The number of nitrogens with one attached hydrogen (secondary N) is 1. The van der Waals surface area contributed by atoms with Gasteiger partial charge in [0.2, 0.25) is 5.91 Å². The Morgan fingerprint density at radius 2 is 2.21 bits per heavy atom. The highest BCUT2D eigenvalue weighted by Gasteiger charge is 2.29. The van der Waals surface area contributed by atoms with Crippen molar-refractivity contribution < 1.29 is 4.79 Å². The summed E-state index contributed by atoms with van der Waals surface area (Å²) in [5.41, 5.74) is 2.45. The normalized spacial score (nSPS) is 17.7. The van der Waals surface area contributed by atoms with Crippen molar-refractivity contribution in [3.8, 4) is 12.3 Å². The monoisotopic (exact) mass is 324 g/mol. The Balaban J connectivity index is 1.56. The predicted octanol–water partition coefficient (Wildman–Crippen LogP) is 0.579. The zero-order chi connectivity index (χ0) is 16.5. The lowest BCUT2D eigenvalue weighted by molar-refractivity contribution is -0.125. The summed E-state index contributed by atoms with van der Waals surface area (Å²) in [7, 11) is 0. The summed E-state index contributed by atoms with van der Waals surface area (Å²) in [6.45, 7) is 1.97. The molecule has 0 bridgehead atoms. The number of rotatable bonds is 3. The quantitative estimate of drug-likeness (QED) is 0.836. The lowest BCUT2D eigenvalue weighted by Crippen LogP contribution is -2.41. The Bertz CT molecular complexity index is 812. The third-order valence-electron chi connectivity index (χ3n) is 4.95. The van der Waals surface area contributed by atoms with E-state index in [4.69, 9.17) is 6.42 Å². The van der Waals surface area contributed by atoms with Crippen LogP contribution in [-0.4, -0.2) is 45.1 Å². The minimum atomic E-state index is 0.0377. The van der Waals surface area contributed by atoms with E-state index in [1.807, 2.05) is 4.52 Å². The number of fused-ring (bicyclic) bond motifs is 2. The number of amides is 1. The number of aromatic nitrogens is 4. The second-order valence-electron chi connectivity index (χ2n) is 6.37. The molecule has 2 aromatic rings. The maximum absolute atomic E-state index is 12.1. The largest absolute Gasteiger partial charge is 0.356 e. The smallest absolute Gasteiger partial charge is 0.254 e. The van der Waals surface area contributed by atoms with Crippen LogP contribution in [-0.2, 0) is 17.6 Å². The summed E-state index contributed by atoms with van der Waals surface area (Å²) >= 11 is 0. The van der Waals surface area contributed by atoms with E-state index in [1.165, 1.54) is 5.56 Å². The number of terminal acetylenes is 1. The van der Waals surface area contributed by atoms with Crippen molar-refractivity contribution in [2.24, 2.45) is 5.92 Å². The molecule has 7 heteroatoms. The molecule has 0 aromatic carbocycles. The van der Waals surface area contributed by atoms with Crippen LogP contribution >= 0.6 is 0 Å². The van der Waals surface area contributed by atoms with Crippen LogP contribution in [0.1, 0.15) is 30.5 Å². The van der Waals surface area contributed by atoms with Crippen molar-refractivity contribution in [1.82, 2.24) is 24.9 Å². The number of hydrogen-bond donors (Lipinski definition) is 1. The molecule has 0 saturated carbocycles. The van der Waals surface area contributed by atoms with Crippen LogP contribution in [0.15, 0.2) is 6.33 Å². The molecule has 1 aliphatic carbocycles. The van der Waals surface area contributed by atoms with E-state index in [0.717, 1.165) is 56.7 Å². The molecule has 0 atom stereocenters. The molecule has 4 rings (SSSR count). The molecule has 1 N–H and O–H groups in total. The number of carbonyl (C=O) groups is 1. The van der Waals surface area contributed by atoms with Crippen LogP contribution in [0, 0.1) is 18.3 Å². The van der Waals surface area contributed by atoms with Crippen molar-refractivity contribution in [2.75, 3.05) is 24.5 Å². The summed E-state index contributed by atoms with van der Waals surface area (Å²) in [6, 6.07) is 0. The zero-order valence-corrected chi connectivity index (χ0v) is 13.5. The van der Waals surface area contributed by atoms with Crippen molar-refractivity contribution in [3.63, 3.8) is 0 Å². The van der Waals surface area contributed by atoms with Gasteiger partial charge in [0.05, 0.1) is 12.2 Å². The lowest BCUT2D eigenvalue weighted by atomic mass is 9.95. The molecular weight excluding hydrogens is 304 g/mol. The van der Waals surface area contributed by atoms with E-state index in [0.29, 0.717) is 12.3 Å². The fraction of sp³-hybridized carbons (Fsp3) is 0.529. The van der Waals surface area contributed by atoms with Gasteiger partial charge in [-0.3, -0.25) is 4.79 Å². The van der Waals surface area contributed by atoms with Gasteiger partial charge in [0.1, 0.15) is 12.1 Å². The Morgan fingerprint density at radius 1 is 1.38 bits per heavy atom. The van der Waals surface area contributed by atoms with Crippen molar-refractivity contribution in [1.29, 1.82) is 0 Å². The molecule has 2 aromatic heterocycles. The molecule has 0 spiro atoms. The maximum Gasteiger partial charge on any atom is 0.254 e. The van der Waals surface area contributed by atoms with Crippen molar-refractivity contribution >= 4 is 17.5 Å². The molecular formula is C17H20N6O. The second kappa shape index (κ2) is 6.11. The van der Waals surface area contributed by atoms with Crippen LogP contribution in [0.5, 0.6) is 0 Å². The van der Waals surface area contributed by atoms with E-state index in [-0.39, 0.29) is 11.8 Å². The minimum Gasteiger partial charge on any atom is -0.356 e. The SMILES string of the molecule is C#CCNC(=O)C1CCN(c2c3c(nc4ncnn24)CCC3)CC1. The summed E-state index contributed by atoms with van der Waals surface area (Å²) in [4.78, 5) is 23.3. The van der Waals surface area contributed by atoms with Gasteiger partial charge in [-0.25, -0.2) is 4.98 Å². The standard InChI is InChI=1S/C17H20N6O/c1-2-8-18-15(24)12-6-9-22(10-7-12)16-13-4-3-5-14(13)21-17-19-11-20-23(16)17/h1,11-12H,3-10H2,(H,18,24). The average molecular weight is 324 g/mol. The fourth-order valence-electron chi connectivity index (χ4n) is 3.76. The fourth-order valence-corrected chi connectivity index (χ4v) is 3.76. The molecule has 1 fully saturated rings. The van der Waals surface area contributed by atoms with Gasteiger partial charge in [-0.05, 0) is 32.1 Å². The first-order valence-electron chi connectivity index (χ1n) is 8.45. The Labute approximate surface area is 140 Å². The van der Waals surface area contributed by atoms with Crippen LogP contribution in [0.2, 0.25) is 0 Å². The second-order valence-corrected chi connectivity index (χ2v) is 6.37. The highest BCUT2D eigenvalue weighted by molar-refractivity contribution is 5.79. The Hall–Kier alpha value is -2.62. The van der Waals surface area contributed by atoms with E-state index in [2.05, 4.69) is 31.2 Å². The first-order valence-corrected chi connectivity index (χ1v) is 8.45. The number of hydrogen-bond acceptors (Lipinski definition) is 5. The van der Waals surface area contributed by atoms with E-state index < -0.39 is 0 Å². The molecule has 3 heterocycles. The molecule has 1 amide bonds. The van der Waals surface area contributed by atoms with Gasteiger partial charge in [-0.2, -0.15) is 14.6 Å². The van der Waals surface area contributed by atoms with E-state index in [1.54, 1.807) is 6.33 Å². The third-order valence-corrected chi connectivity index (χ3v) is 4.95.